The van der Waals surface area contributed by atoms with E-state index in [0.717, 1.165) is 31.2 Å². The van der Waals surface area contributed by atoms with Crippen molar-refractivity contribution in [1.82, 2.24) is 0 Å². The number of rotatable bonds is 6. The zero-order chi connectivity index (χ0) is 13.7. The molecular formula is C14H20O4S. The summed E-state index contributed by atoms with van der Waals surface area (Å²) in [5, 5.41) is 8.43. The van der Waals surface area contributed by atoms with E-state index >= 15 is 0 Å². The highest BCUT2D eigenvalue weighted by molar-refractivity contribution is 7.92. The molecule has 1 fully saturated rings. The standard InChI is InChI=1S/C14H20O4S/c15-8-9-18-11-12-4-3-7-14(10-12)19(16,17)13-5-1-2-6-13/h3-4,7,10,13,15H,1-2,5-6,8-9,11H2. The van der Waals surface area contributed by atoms with E-state index in [2.05, 4.69) is 0 Å². The Labute approximate surface area is 114 Å². The Hall–Kier alpha value is -0.910. The van der Waals surface area contributed by atoms with Crippen molar-refractivity contribution in [2.24, 2.45) is 0 Å². The minimum absolute atomic E-state index is 0.0277. The molecule has 0 unspecified atom stereocenters. The van der Waals surface area contributed by atoms with Crippen molar-refractivity contribution in [3.63, 3.8) is 0 Å². The van der Waals surface area contributed by atoms with E-state index in [-0.39, 0.29) is 18.5 Å². The van der Waals surface area contributed by atoms with Crippen LogP contribution in [0.5, 0.6) is 0 Å². The van der Waals surface area contributed by atoms with Gasteiger partial charge in [0.25, 0.3) is 0 Å². The van der Waals surface area contributed by atoms with Gasteiger partial charge in [-0.2, -0.15) is 0 Å². The molecule has 2 rings (SSSR count). The van der Waals surface area contributed by atoms with Crippen molar-refractivity contribution in [2.75, 3.05) is 13.2 Å². The Morgan fingerprint density at radius 1 is 1.26 bits per heavy atom. The summed E-state index contributed by atoms with van der Waals surface area (Å²) in [6.45, 7) is 0.564. The highest BCUT2D eigenvalue weighted by Crippen LogP contribution is 2.29. The number of aliphatic hydroxyl groups is 1. The van der Waals surface area contributed by atoms with E-state index in [9.17, 15) is 8.42 Å². The number of hydrogen-bond donors (Lipinski definition) is 1. The van der Waals surface area contributed by atoms with Gasteiger partial charge in [0.1, 0.15) is 0 Å². The summed E-state index contributed by atoms with van der Waals surface area (Å²) < 4.78 is 30.1. The number of ether oxygens (including phenoxy) is 1. The maximum Gasteiger partial charge on any atom is 0.181 e. The number of benzene rings is 1. The molecule has 1 aliphatic carbocycles. The fourth-order valence-electron chi connectivity index (χ4n) is 2.46. The first-order valence-electron chi connectivity index (χ1n) is 6.66. The average Bonchev–Trinajstić information content (AvgIpc) is 2.94. The first-order valence-corrected chi connectivity index (χ1v) is 8.20. The molecule has 0 saturated heterocycles. The fourth-order valence-corrected chi connectivity index (χ4v) is 4.38. The Bertz CT molecular complexity index is 504. The van der Waals surface area contributed by atoms with Crippen molar-refractivity contribution in [2.45, 2.75) is 42.4 Å². The van der Waals surface area contributed by atoms with Gasteiger partial charge in [0.15, 0.2) is 9.84 Å². The molecule has 4 nitrogen and oxygen atoms in total. The van der Waals surface area contributed by atoms with Crippen molar-refractivity contribution in [3.8, 4) is 0 Å². The molecule has 0 atom stereocenters. The monoisotopic (exact) mass is 284 g/mol. The summed E-state index contributed by atoms with van der Waals surface area (Å²) in [4.78, 5) is 0.393. The van der Waals surface area contributed by atoms with E-state index in [1.165, 1.54) is 0 Å². The molecule has 0 bridgehead atoms. The first kappa shape index (κ1) is 14.5. The van der Waals surface area contributed by atoms with Crippen LogP contribution in [0.15, 0.2) is 29.2 Å². The van der Waals surface area contributed by atoms with Crippen LogP contribution in [0, 0.1) is 0 Å². The zero-order valence-corrected chi connectivity index (χ0v) is 11.7. The third-order valence-corrected chi connectivity index (χ3v) is 5.73. The Morgan fingerprint density at radius 2 is 2.00 bits per heavy atom. The average molecular weight is 284 g/mol. The van der Waals surface area contributed by atoms with Gasteiger partial charge >= 0.3 is 0 Å². The van der Waals surface area contributed by atoms with E-state index in [1.807, 2.05) is 6.07 Å². The summed E-state index contributed by atoms with van der Waals surface area (Å²) >= 11 is 0. The van der Waals surface area contributed by atoms with E-state index in [4.69, 9.17) is 9.84 Å². The van der Waals surface area contributed by atoms with Gasteiger partial charge in [0.2, 0.25) is 0 Å². The first-order chi connectivity index (χ1) is 9.14. The molecule has 0 aliphatic heterocycles. The molecule has 0 aromatic heterocycles. The SMILES string of the molecule is O=S(=O)(c1cccc(COCCO)c1)C1CCCC1. The zero-order valence-electron chi connectivity index (χ0n) is 10.9. The van der Waals surface area contributed by atoms with E-state index in [1.54, 1.807) is 18.2 Å². The molecule has 1 N–H and O–H groups in total. The Kier molecular flexibility index (Phi) is 4.96. The van der Waals surface area contributed by atoms with Crippen LogP contribution >= 0.6 is 0 Å². The largest absolute Gasteiger partial charge is 0.394 e. The maximum absolute atomic E-state index is 12.4. The van der Waals surface area contributed by atoms with Crippen molar-refractivity contribution < 1.29 is 18.3 Å². The Balaban J connectivity index is 2.13. The quantitative estimate of drug-likeness (QED) is 0.811. The normalized spacial score (nSPS) is 16.9. The molecule has 0 spiro atoms. The second-order valence-corrected chi connectivity index (χ2v) is 7.10. The van der Waals surface area contributed by atoms with Gasteiger partial charge in [-0.25, -0.2) is 8.42 Å². The summed E-state index contributed by atoms with van der Waals surface area (Å²) in [5.74, 6) is 0. The van der Waals surface area contributed by atoms with Gasteiger partial charge in [0.05, 0.1) is 30.0 Å². The summed E-state index contributed by atoms with van der Waals surface area (Å²) in [5.41, 5.74) is 0.826. The van der Waals surface area contributed by atoms with Gasteiger partial charge in [-0.1, -0.05) is 25.0 Å². The lowest BCUT2D eigenvalue weighted by Gasteiger charge is -2.12. The lowest BCUT2D eigenvalue weighted by molar-refractivity contribution is 0.0814. The number of sulfone groups is 1. The molecule has 5 heteroatoms. The van der Waals surface area contributed by atoms with Crippen LogP contribution in [0.25, 0.3) is 0 Å². The van der Waals surface area contributed by atoms with Crippen LogP contribution in [-0.2, 0) is 21.2 Å². The van der Waals surface area contributed by atoms with Crippen LogP contribution in [0.1, 0.15) is 31.2 Å². The van der Waals surface area contributed by atoms with Crippen molar-refractivity contribution in [3.05, 3.63) is 29.8 Å². The minimum Gasteiger partial charge on any atom is -0.394 e. The lowest BCUT2D eigenvalue weighted by atomic mass is 10.2. The molecule has 1 aromatic carbocycles. The molecule has 1 aromatic rings. The number of hydrogen-bond acceptors (Lipinski definition) is 4. The molecule has 0 radical (unpaired) electrons. The molecule has 0 heterocycles. The van der Waals surface area contributed by atoms with E-state index in [0.29, 0.717) is 11.5 Å². The fraction of sp³-hybridized carbons (Fsp3) is 0.571. The molecule has 1 saturated carbocycles. The second kappa shape index (κ2) is 6.50. The minimum atomic E-state index is -3.20. The maximum atomic E-state index is 12.4. The highest BCUT2D eigenvalue weighted by Gasteiger charge is 2.30. The van der Waals surface area contributed by atoms with Gasteiger partial charge in [-0.05, 0) is 30.5 Å². The summed E-state index contributed by atoms with van der Waals surface area (Å²) in [6, 6.07) is 6.93. The third kappa shape index (κ3) is 3.55. The lowest BCUT2D eigenvalue weighted by Crippen LogP contribution is -2.18. The predicted octanol–water partition coefficient (Wildman–Crippen LogP) is 1.91. The molecule has 19 heavy (non-hydrogen) atoms. The van der Waals surface area contributed by atoms with Crippen LogP contribution in [0.3, 0.4) is 0 Å². The van der Waals surface area contributed by atoms with E-state index < -0.39 is 9.84 Å². The Morgan fingerprint density at radius 3 is 2.68 bits per heavy atom. The smallest absolute Gasteiger partial charge is 0.181 e. The molecule has 0 amide bonds. The second-order valence-electron chi connectivity index (χ2n) is 4.88. The summed E-state index contributed by atoms with van der Waals surface area (Å²) in [6.07, 6.45) is 3.55. The molecule has 1 aliphatic rings. The van der Waals surface area contributed by atoms with Crippen molar-refractivity contribution >= 4 is 9.84 Å². The third-order valence-electron chi connectivity index (χ3n) is 3.47. The topological polar surface area (TPSA) is 63.6 Å². The highest BCUT2D eigenvalue weighted by atomic mass is 32.2. The number of aliphatic hydroxyl groups excluding tert-OH is 1. The summed E-state index contributed by atoms with van der Waals surface area (Å²) in [7, 11) is -3.20. The van der Waals surface area contributed by atoms with Crippen LogP contribution < -0.4 is 0 Å². The van der Waals surface area contributed by atoms with Gasteiger partial charge in [-0.15, -0.1) is 0 Å². The molecule has 106 valence electrons. The van der Waals surface area contributed by atoms with Crippen LogP contribution in [0.4, 0.5) is 0 Å². The van der Waals surface area contributed by atoms with Crippen LogP contribution in [-0.4, -0.2) is 32.0 Å². The van der Waals surface area contributed by atoms with Crippen molar-refractivity contribution in [1.29, 1.82) is 0 Å². The predicted molar refractivity (Wildman–Crippen MR) is 72.6 cm³/mol. The van der Waals surface area contributed by atoms with Gasteiger partial charge in [-0.3, -0.25) is 0 Å². The molecular weight excluding hydrogens is 264 g/mol. The van der Waals surface area contributed by atoms with Crippen LogP contribution in [0.2, 0.25) is 0 Å². The van der Waals surface area contributed by atoms with Gasteiger partial charge in [0, 0.05) is 0 Å². The van der Waals surface area contributed by atoms with Gasteiger partial charge < -0.3 is 9.84 Å².